The van der Waals surface area contributed by atoms with E-state index in [1.807, 2.05) is 30.7 Å². The number of imidazole rings is 2. The van der Waals surface area contributed by atoms with E-state index in [-0.39, 0.29) is 0 Å². The Kier molecular flexibility index (Phi) is 4.03. The lowest BCUT2D eigenvalue weighted by Gasteiger charge is -2.04. The molecule has 162 valence electrons. The molecule has 5 aromatic heterocycles. The van der Waals surface area contributed by atoms with Crippen molar-refractivity contribution in [1.82, 2.24) is 39.7 Å². The number of H-pyrrole nitrogens is 2. The van der Waals surface area contributed by atoms with Crippen molar-refractivity contribution in [2.24, 2.45) is 7.05 Å². The van der Waals surface area contributed by atoms with Crippen molar-refractivity contribution in [2.45, 2.75) is 6.92 Å². The fourth-order valence-corrected chi connectivity index (χ4v) is 3.98. The third-order valence-electron chi connectivity index (χ3n) is 5.74. The summed E-state index contributed by atoms with van der Waals surface area (Å²) in [6, 6.07) is 10.1. The number of anilines is 1. The van der Waals surface area contributed by atoms with E-state index < -0.39 is 5.82 Å². The highest BCUT2D eigenvalue weighted by atomic mass is 19.1. The van der Waals surface area contributed by atoms with Gasteiger partial charge in [-0.25, -0.2) is 24.3 Å². The summed E-state index contributed by atoms with van der Waals surface area (Å²) in [6.45, 7) is 1.94. The van der Waals surface area contributed by atoms with Crippen LogP contribution in [-0.4, -0.2) is 39.7 Å². The maximum atomic E-state index is 14.0. The van der Waals surface area contributed by atoms with Gasteiger partial charge in [0.2, 0.25) is 0 Å². The number of hydrogen-bond donors (Lipinski definition) is 3. The summed E-state index contributed by atoms with van der Waals surface area (Å²) in [7, 11) is 1.95. The Morgan fingerprint density at radius 3 is 2.73 bits per heavy atom. The summed E-state index contributed by atoms with van der Waals surface area (Å²) >= 11 is 0. The number of benzene rings is 1. The fraction of sp³-hybridized carbons (Fsp3) is 0.0870. The van der Waals surface area contributed by atoms with Gasteiger partial charge in [0.1, 0.15) is 17.2 Å². The summed E-state index contributed by atoms with van der Waals surface area (Å²) in [5.74, 6) is 0.995. The molecular weight excluding hydrogens is 421 g/mol. The van der Waals surface area contributed by atoms with Crippen molar-refractivity contribution >= 4 is 27.9 Å². The molecule has 6 rings (SSSR count). The molecule has 0 atom stereocenters. The molecule has 1 aromatic carbocycles. The second-order valence-electron chi connectivity index (χ2n) is 7.83. The number of nitrogen functional groups attached to an aromatic ring is 1. The van der Waals surface area contributed by atoms with Crippen LogP contribution < -0.4 is 5.73 Å². The highest BCUT2D eigenvalue weighted by Crippen LogP contribution is 2.32. The molecule has 10 heteroatoms. The molecule has 0 amide bonds. The van der Waals surface area contributed by atoms with Crippen LogP contribution >= 0.6 is 0 Å². The summed E-state index contributed by atoms with van der Waals surface area (Å²) in [5.41, 5.74) is 12.4. The van der Waals surface area contributed by atoms with Gasteiger partial charge in [0.05, 0.1) is 28.6 Å². The smallest absolute Gasteiger partial charge is 0.178 e. The normalized spacial score (nSPS) is 11.6. The zero-order valence-electron chi connectivity index (χ0n) is 17.8. The Bertz CT molecular complexity index is 1650. The van der Waals surface area contributed by atoms with Gasteiger partial charge in [0.25, 0.3) is 0 Å². The van der Waals surface area contributed by atoms with E-state index in [1.54, 1.807) is 24.5 Å². The first-order valence-corrected chi connectivity index (χ1v) is 10.2. The molecule has 0 aliphatic heterocycles. The molecular formula is C23H18FN9. The summed E-state index contributed by atoms with van der Waals surface area (Å²) in [5, 5.41) is 7.45. The molecule has 4 N–H and O–H groups in total. The van der Waals surface area contributed by atoms with Gasteiger partial charge in [-0.15, -0.1) is 0 Å². The molecule has 6 aromatic rings. The molecule has 0 spiro atoms. The molecule has 0 saturated heterocycles. The summed E-state index contributed by atoms with van der Waals surface area (Å²) < 4.78 is 16.0. The monoisotopic (exact) mass is 439 g/mol. The number of halogens is 1. The number of rotatable bonds is 3. The Hall–Kier alpha value is -4.60. The zero-order chi connectivity index (χ0) is 22.7. The lowest BCUT2D eigenvalue weighted by molar-refractivity contribution is 0.629. The minimum absolute atomic E-state index is 0.343. The van der Waals surface area contributed by atoms with Gasteiger partial charge in [-0.05, 0) is 48.9 Å². The molecule has 33 heavy (non-hydrogen) atoms. The highest BCUT2D eigenvalue weighted by molar-refractivity contribution is 5.95. The van der Waals surface area contributed by atoms with E-state index in [0.717, 1.165) is 28.3 Å². The van der Waals surface area contributed by atoms with Gasteiger partial charge in [-0.2, -0.15) is 5.10 Å². The summed E-state index contributed by atoms with van der Waals surface area (Å²) in [4.78, 5) is 21.5. The molecule has 9 nitrogen and oxygen atoms in total. The van der Waals surface area contributed by atoms with Crippen LogP contribution in [0.15, 0.2) is 48.8 Å². The Morgan fingerprint density at radius 2 is 1.94 bits per heavy atom. The van der Waals surface area contributed by atoms with Crippen molar-refractivity contribution < 1.29 is 4.39 Å². The van der Waals surface area contributed by atoms with Crippen LogP contribution in [0.25, 0.3) is 56.2 Å². The number of nitrogens with two attached hydrogens (primary N) is 1. The number of nitrogens with zero attached hydrogens (tertiary/aromatic N) is 6. The van der Waals surface area contributed by atoms with E-state index in [9.17, 15) is 4.39 Å². The van der Waals surface area contributed by atoms with Gasteiger partial charge in [-0.1, -0.05) is 0 Å². The van der Waals surface area contributed by atoms with Crippen LogP contribution in [0.1, 0.15) is 5.82 Å². The minimum atomic E-state index is -0.407. The highest BCUT2D eigenvalue weighted by Gasteiger charge is 2.18. The number of hydrogen-bond acceptors (Lipinski definition) is 6. The molecule has 5 heterocycles. The average molecular weight is 439 g/mol. The minimum Gasteiger partial charge on any atom is -0.399 e. The Labute approximate surface area is 186 Å². The number of aryl methyl sites for hydroxylation is 1. The van der Waals surface area contributed by atoms with Gasteiger partial charge in [0.15, 0.2) is 17.2 Å². The van der Waals surface area contributed by atoms with E-state index in [1.165, 1.54) is 12.1 Å². The molecule has 0 unspecified atom stereocenters. The molecule has 0 aliphatic carbocycles. The van der Waals surface area contributed by atoms with E-state index in [2.05, 4.69) is 30.1 Å². The van der Waals surface area contributed by atoms with E-state index in [4.69, 9.17) is 10.7 Å². The van der Waals surface area contributed by atoms with Crippen molar-refractivity contribution in [1.29, 1.82) is 0 Å². The first-order valence-electron chi connectivity index (χ1n) is 10.2. The molecule has 0 saturated carbocycles. The van der Waals surface area contributed by atoms with Gasteiger partial charge in [0, 0.05) is 24.5 Å². The Balaban J connectivity index is 1.52. The third kappa shape index (κ3) is 3.03. The Morgan fingerprint density at radius 1 is 1.06 bits per heavy atom. The number of pyridine rings is 2. The van der Waals surface area contributed by atoms with Crippen LogP contribution in [0.3, 0.4) is 0 Å². The van der Waals surface area contributed by atoms with Crippen LogP contribution in [0.5, 0.6) is 0 Å². The SMILES string of the molecule is Cc1ncc(-c2ccc3[nH]nc(-c4nc5nccc(-c6cc(N)cc(F)c6)c5[nH]4)c3n2)n1C. The second kappa shape index (κ2) is 6.95. The lowest BCUT2D eigenvalue weighted by Crippen LogP contribution is -1.96. The summed E-state index contributed by atoms with van der Waals surface area (Å²) in [6.07, 6.45) is 3.43. The lowest BCUT2D eigenvalue weighted by atomic mass is 10.1. The quantitative estimate of drug-likeness (QED) is 0.358. The number of aromatic nitrogens is 8. The van der Waals surface area contributed by atoms with Crippen LogP contribution in [0.2, 0.25) is 0 Å². The maximum absolute atomic E-state index is 14.0. The first kappa shape index (κ1) is 19.1. The van der Waals surface area contributed by atoms with Crippen molar-refractivity contribution in [2.75, 3.05) is 5.73 Å². The second-order valence-corrected chi connectivity index (χ2v) is 7.83. The van der Waals surface area contributed by atoms with E-state index in [0.29, 0.717) is 39.4 Å². The average Bonchev–Trinajstić information content (AvgIpc) is 3.49. The van der Waals surface area contributed by atoms with Crippen LogP contribution in [0, 0.1) is 12.7 Å². The number of fused-ring (bicyclic) bond motifs is 2. The maximum Gasteiger partial charge on any atom is 0.178 e. The van der Waals surface area contributed by atoms with E-state index >= 15 is 0 Å². The number of nitrogens with one attached hydrogen (secondary N) is 2. The van der Waals surface area contributed by atoms with Crippen molar-refractivity contribution in [3.05, 3.63) is 60.4 Å². The van der Waals surface area contributed by atoms with Crippen LogP contribution in [-0.2, 0) is 7.05 Å². The van der Waals surface area contributed by atoms with Gasteiger partial charge < -0.3 is 15.3 Å². The molecule has 0 bridgehead atoms. The fourth-order valence-electron chi connectivity index (χ4n) is 3.98. The van der Waals surface area contributed by atoms with Gasteiger partial charge in [-0.3, -0.25) is 5.10 Å². The number of aromatic amines is 2. The molecule has 0 radical (unpaired) electrons. The standard InChI is InChI=1S/C23H18FN9/c1-11-27-10-18(33(11)2)16-3-4-17-20(28-16)21(32-31-17)23-29-19-15(5-6-26-22(19)30-23)12-7-13(24)9-14(25)8-12/h3-10H,25H2,1-2H3,(H,31,32)(H,26,29,30). The van der Waals surface area contributed by atoms with Crippen LogP contribution in [0.4, 0.5) is 10.1 Å². The predicted octanol–water partition coefficient (Wildman–Crippen LogP) is 3.99. The topological polar surface area (TPSA) is 127 Å². The zero-order valence-corrected chi connectivity index (χ0v) is 17.8. The van der Waals surface area contributed by atoms with Crippen molar-refractivity contribution in [3.63, 3.8) is 0 Å². The third-order valence-corrected chi connectivity index (χ3v) is 5.74. The molecule has 0 fully saturated rings. The van der Waals surface area contributed by atoms with Gasteiger partial charge >= 0.3 is 0 Å². The van der Waals surface area contributed by atoms with Crippen molar-refractivity contribution in [3.8, 4) is 34.0 Å². The first-order chi connectivity index (χ1) is 16.0. The largest absolute Gasteiger partial charge is 0.399 e. The predicted molar refractivity (Wildman–Crippen MR) is 124 cm³/mol. The molecule has 0 aliphatic rings.